The molecular formula is C16H9Cl2N4O3-. The summed E-state index contributed by atoms with van der Waals surface area (Å²) in [4.78, 5) is 31.5. The fourth-order valence-electron chi connectivity index (χ4n) is 2.34. The van der Waals surface area contributed by atoms with Crippen LogP contribution in [-0.4, -0.2) is 15.5 Å². The predicted molar refractivity (Wildman–Crippen MR) is 90.2 cm³/mol. The second-order valence-corrected chi connectivity index (χ2v) is 5.98. The van der Waals surface area contributed by atoms with Crippen LogP contribution in [0.2, 0.25) is 10.0 Å². The number of aromatic nitrogens is 2. The number of benzene rings is 1. The van der Waals surface area contributed by atoms with E-state index in [1.165, 1.54) is 6.08 Å². The fraction of sp³-hybridized carbons (Fsp3) is 0.125. The zero-order chi connectivity index (χ0) is 18.1. The van der Waals surface area contributed by atoms with Crippen molar-refractivity contribution in [3.05, 3.63) is 73.2 Å². The molecule has 0 bridgehead atoms. The monoisotopic (exact) mass is 375 g/mol. The molecule has 9 heteroatoms. The van der Waals surface area contributed by atoms with Gasteiger partial charge in [0.25, 0.3) is 5.91 Å². The van der Waals surface area contributed by atoms with Gasteiger partial charge in [-0.25, -0.2) is 9.83 Å². The molecule has 1 aliphatic heterocycles. The lowest BCUT2D eigenvalue weighted by atomic mass is 10.2. The van der Waals surface area contributed by atoms with Gasteiger partial charge in [-0.3, -0.25) is 14.2 Å². The molecule has 0 spiro atoms. The van der Waals surface area contributed by atoms with E-state index in [2.05, 4.69) is 15.1 Å². The second kappa shape index (κ2) is 6.59. The van der Waals surface area contributed by atoms with E-state index < -0.39 is 22.9 Å². The minimum Gasteiger partial charge on any atom is -0.867 e. The Bertz CT molecular complexity index is 1020. The standard InChI is InChI=1S/C16H10Cl2N4O3/c1-19-11-4-5-22-14(11)21-12(13(23)16(22)25)15(24)20-7-8-2-3-9(17)10(18)6-8/h2-4,6,23H,5,7H2,(H,20,24)/p-1. The Morgan fingerprint density at radius 3 is 2.84 bits per heavy atom. The fourth-order valence-corrected chi connectivity index (χ4v) is 2.66. The lowest BCUT2D eigenvalue weighted by Crippen LogP contribution is -2.32. The average molecular weight is 376 g/mol. The van der Waals surface area contributed by atoms with Gasteiger partial charge in [-0.2, -0.15) is 0 Å². The van der Waals surface area contributed by atoms with Gasteiger partial charge in [-0.15, -0.1) is 0 Å². The van der Waals surface area contributed by atoms with Crippen LogP contribution in [0.1, 0.15) is 21.9 Å². The highest BCUT2D eigenvalue weighted by Gasteiger charge is 2.21. The van der Waals surface area contributed by atoms with E-state index in [0.29, 0.717) is 15.6 Å². The third kappa shape index (κ3) is 3.09. The van der Waals surface area contributed by atoms with Crippen LogP contribution in [0.4, 0.5) is 0 Å². The van der Waals surface area contributed by atoms with E-state index in [0.717, 1.165) is 4.57 Å². The molecule has 25 heavy (non-hydrogen) atoms. The zero-order valence-electron chi connectivity index (χ0n) is 12.5. The van der Waals surface area contributed by atoms with Gasteiger partial charge in [0.15, 0.2) is 0 Å². The second-order valence-electron chi connectivity index (χ2n) is 5.16. The number of fused-ring (bicyclic) bond motifs is 1. The topological polar surface area (TPSA) is 91.4 Å². The number of carbonyl (C=O) groups excluding carboxylic acids is 1. The van der Waals surface area contributed by atoms with Crippen molar-refractivity contribution in [3.8, 4) is 5.75 Å². The number of halogens is 2. The molecule has 2 heterocycles. The Labute approximate surface area is 152 Å². The predicted octanol–water partition coefficient (Wildman–Crippen LogP) is 1.83. The van der Waals surface area contributed by atoms with E-state index in [1.54, 1.807) is 18.2 Å². The number of carbonyl (C=O) groups is 1. The van der Waals surface area contributed by atoms with E-state index in [4.69, 9.17) is 29.8 Å². The van der Waals surface area contributed by atoms with Crippen LogP contribution in [0.5, 0.6) is 5.75 Å². The molecule has 1 N–H and O–H groups in total. The lowest BCUT2D eigenvalue weighted by molar-refractivity contribution is -0.271. The van der Waals surface area contributed by atoms with Gasteiger partial charge < -0.3 is 10.4 Å². The SMILES string of the molecule is [C-]#[N+]C1=CCn2c1nc(C(=O)NCc1ccc(Cl)c(Cl)c1)c([O-])c2=O. The molecule has 0 atom stereocenters. The largest absolute Gasteiger partial charge is 0.867 e. The molecular weight excluding hydrogens is 367 g/mol. The van der Waals surface area contributed by atoms with Crippen molar-refractivity contribution < 1.29 is 9.90 Å². The molecule has 1 aromatic heterocycles. The highest BCUT2D eigenvalue weighted by atomic mass is 35.5. The first kappa shape index (κ1) is 17.0. The molecule has 0 fully saturated rings. The minimum atomic E-state index is -1.00. The summed E-state index contributed by atoms with van der Waals surface area (Å²) >= 11 is 11.7. The van der Waals surface area contributed by atoms with Crippen LogP contribution in [0.15, 0.2) is 29.1 Å². The van der Waals surface area contributed by atoms with Crippen LogP contribution in [0.25, 0.3) is 10.5 Å². The van der Waals surface area contributed by atoms with Gasteiger partial charge >= 0.3 is 0 Å². The summed E-state index contributed by atoms with van der Waals surface area (Å²) in [5.41, 5.74) is -0.613. The van der Waals surface area contributed by atoms with Gasteiger partial charge in [0, 0.05) is 13.1 Å². The molecule has 7 nitrogen and oxygen atoms in total. The van der Waals surface area contributed by atoms with E-state index >= 15 is 0 Å². The normalized spacial score (nSPS) is 12.3. The van der Waals surface area contributed by atoms with Crippen molar-refractivity contribution in [2.24, 2.45) is 0 Å². The van der Waals surface area contributed by atoms with Crippen molar-refractivity contribution in [1.82, 2.24) is 14.9 Å². The first-order chi connectivity index (χ1) is 11.9. The number of nitrogens with one attached hydrogen (secondary N) is 1. The maximum Gasteiger partial charge on any atom is 0.269 e. The molecule has 0 unspecified atom stereocenters. The molecule has 1 aromatic carbocycles. The summed E-state index contributed by atoms with van der Waals surface area (Å²) in [5.74, 6) is -1.78. The summed E-state index contributed by atoms with van der Waals surface area (Å²) in [6, 6.07) is 4.82. The highest BCUT2D eigenvalue weighted by Crippen LogP contribution is 2.23. The molecule has 3 rings (SSSR count). The van der Waals surface area contributed by atoms with Crippen LogP contribution < -0.4 is 16.0 Å². The first-order valence-corrected chi connectivity index (χ1v) is 7.80. The number of nitrogens with zero attached hydrogens (tertiary/aromatic N) is 3. The number of rotatable bonds is 3. The lowest BCUT2D eigenvalue weighted by Gasteiger charge is -2.15. The van der Waals surface area contributed by atoms with Gasteiger partial charge in [-0.1, -0.05) is 35.3 Å². The molecule has 0 aliphatic carbocycles. The Hall–Kier alpha value is -2.82. The van der Waals surface area contributed by atoms with Crippen LogP contribution >= 0.6 is 23.2 Å². The van der Waals surface area contributed by atoms with Gasteiger partial charge in [0.2, 0.25) is 11.3 Å². The molecule has 1 aliphatic rings. The highest BCUT2D eigenvalue weighted by molar-refractivity contribution is 6.42. The summed E-state index contributed by atoms with van der Waals surface area (Å²) < 4.78 is 1.07. The average Bonchev–Trinajstić information content (AvgIpc) is 3.02. The molecule has 0 radical (unpaired) electrons. The smallest absolute Gasteiger partial charge is 0.269 e. The summed E-state index contributed by atoms with van der Waals surface area (Å²) in [6.07, 6.45) is 1.48. The zero-order valence-corrected chi connectivity index (χ0v) is 14.1. The number of hydrogen-bond donors (Lipinski definition) is 1. The summed E-state index contributed by atoms with van der Waals surface area (Å²) in [5, 5.41) is 15.3. The summed E-state index contributed by atoms with van der Waals surface area (Å²) in [6.45, 7) is 7.23. The van der Waals surface area contributed by atoms with Crippen molar-refractivity contribution in [2.75, 3.05) is 0 Å². The van der Waals surface area contributed by atoms with Crippen molar-refractivity contribution in [3.63, 3.8) is 0 Å². The van der Waals surface area contributed by atoms with Gasteiger partial charge in [-0.05, 0) is 23.4 Å². The Morgan fingerprint density at radius 2 is 2.16 bits per heavy atom. The van der Waals surface area contributed by atoms with Crippen LogP contribution in [-0.2, 0) is 13.1 Å². The Kier molecular flexibility index (Phi) is 4.49. The van der Waals surface area contributed by atoms with Gasteiger partial charge in [0.05, 0.1) is 16.6 Å². The van der Waals surface area contributed by atoms with Crippen molar-refractivity contribution >= 4 is 34.8 Å². The maximum absolute atomic E-state index is 12.3. The number of amides is 1. The maximum atomic E-state index is 12.3. The number of allylic oxidation sites excluding steroid dienone is 1. The third-order valence-electron chi connectivity index (χ3n) is 3.60. The molecule has 0 saturated carbocycles. The van der Waals surface area contributed by atoms with Crippen molar-refractivity contribution in [2.45, 2.75) is 13.1 Å². The van der Waals surface area contributed by atoms with Gasteiger partial charge in [0.1, 0.15) is 11.5 Å². The molecule has 126 valence electrons. The van der Waals surface area contributed by atoms with E-state index in [-0.39, 0.29) is 24.6 Å². The first-order valence-electron chi connectivity index (χ1n) is 7.04. The molecule has 2 aromatic rings. The van der Waals surface area contributed by atoms with E-state index in [1.807, 2.05) is 0 Å². The number of hydrogen-bond acceptors (Lipinski definition) is 4. The minimum absolute atomic E-state index is 0.0271. The molecule has 1 amide bonds. The van der Waals surface area contributed by atoms with E-state index in [9.17, 15) is 14.7 Å². The molecule has 0 saturated heterocycles. The van der Waals surface area contributed by atoms with Crippen LogP contribution in [0, 0.1) is 6.57 Å². The van der Waals surface area contributed by atoms with Crippen LogP contribution in [0.3, 0.4) is 0 Å². The Balaban J connectivity index is 1.87. The van der Waals surface area contributed by atoms with Crippen molar-refractivity contribution in [1.29, 1.82) is 0 Å². The summed E-state index contributed by atoms with van der Waals surface area (Å²) in [7, 11) is 0. The third-order valence-corrected chi connectivity index (χ3v) is 4.34. The quantitative estimate of drug-likeness (QED) is 0.828. The Morgan fingerprint density at radius 1 is 1.40 bits per heavy atom.